The van der Waals surface area contributed by atoms with Crippen molar-refractivity contribution in [1.82, 2.24) is 4.98 Å². The molecule has 3 aromatic heterocycles. The van der Waals surface area contributed by atoms with Crippen molar-refractivity contribution in [3.63, 3.8) is 0 Å². The van der Waals surface area contributed by atoms with E-state index < -0.39 is 6.04 Å². The van der Waals surface area contributed by atoms with E-state index in [4.69, 9.17) is 4.42 Å². The molecule has 152 valence electrons. The van der Waals surface area contributed by atoms with Crippen LogP contribution in [0.4, 0.5) is 15.2 Å². The van der Waals surface area contributed by atoms with Gasteiger partial charge in [-0.3, -0.25) is 4.79 Å². The number of carbonyl (C=O) groups is 1. The number of nitrogens with one attached hydrogen (secondary N) is 2. The first-order valence-electron chi connectivity index (χ1n) is 9.41. The standard InChI is InChI=1S/C23H20FN3O2S/c1-14-7-5-11-20(25-14)26-21(16-8-3-4-9-18(16)24)17-13-15(2)30-23(17)27-22(28)19-10-6-12-29-19/h3-13,21H,1-2H3,(H,25,26)(H,27,28). The van der Waals surface area contributed by atoms with Crippen LogP contribution in [0.2, 0.25) is 0 Å². The number of hydrogen-bond donors (Lipinski definition) is 2. The van der Waals surface area contributed by atoms with E-state index in [-0.39, 0.29) is 17.5 Å². The van der Waals surface area contributed by atoms with Crippen LogP contribution in [-0.4, -0.2) is 10.9 Å². The van der Waals surface area contributed by atoms with E-state index in [1.165, 1.54) is 23.7 Å². The third-order valence-electron chi connectivity index (χ3n) is 4.56. The zero-order chi connectivity index (χ0) is 21.1. The van der Waals surface area contributed by atoms with Gasteiger partial charge in [0.05, 0.1) is 12.3 Å². The fourth-order valence-electron chi connectivity index (χ4n) is 3.22. The summed E-state index contributed by atoms with van der Waals surface area (Å²) in [4.78, 5) is 18.0. The summed E-state index contributed by atoms with van der Waals surface area (Å²) in [5.74, 6) is 0.136. The molecule has 30 heavy (non-hydrogen) atoms. The highest BCUT2D eigenvalue weighted by molar-refractivity contribution is 7.16. The van der Waals surface area contributed by atoms with Gasteiger partial charge in [0.1, 0.15) is 16.6 Å². The number of hydrogen-bond acceptors (Lipinski definition) is 5. The molecule has 0 spiro atoms. The number of thiophene rings is 1. The Morgan fingerprint density at radius 2 is 1.90 bits per heavy atom. The molecule has 2 N–H and O–H groups in total. The number of aromatic nitrogens is 1. The molecule has 0 radical (unpaired) electrons. The van der Waals surface area contributed by atoms with E-state index in [2.05, 4.69) is 15.6 Å². The summed E-state index contributed by atoms with van der Waals surface area (Å²) < 4.78 is 20.0. The van der Waals surface area contributed by atoms with Gasteiger partial charge >= 0.3 is 0 Å². The third-order valence-corrected chi connectivity index (χ3v) is 5.55. The van der Waals surface area contributed by atoms with Gasteiger partial charge in [0.25, 0.3) is 5.91 Å². The van der Waals surface area contributed by atoms with Gasteiger partial charge in [-0.05, 0) is 50.2 Å². The highest BCUT2D eigenvalue weighted by Gasteiger charge is 2.24. The van der Waals surface area contributed by atoms with Crippen LogP contribution in [0.5, 0.6) is 0 Å². The lowest BCUT2D eigenvalue weighted by molar-refractivity contribution is 0.0997. The summed E-state index contributed by atoms with van der Waals surface area (Å²) in [6, 6.07) is 16.9. The monoisotopic (exact) mass is 421 g/mol. The van der Waals surface area contributed by atoms with Crippen molar-refractivity contribution in [2.45, 2.75) is 19.9 Å². The number of amides is 1. The van der Waals surface area contributed by atoms with Crippen LogP contribution in [0.3, 0.4) is 0 Å². The van der Waals surface area contributed by atoms with E-state index in [1.807, 2.05) is 38.1 Å². The maximum atomic E-state index is 14.8. The highest BCUT2D eigenvalue weighted by atomic mass is 32.1. The largest absolute Gasteiger partial charge is 0.459 e. The molecule has 4 aromatic rings. The number of benzene rings is 1. The summed E-state index contributed by atoms with van der Waals surface area (Å²) in [5.41, 5.74) is 2.07. The molecule has 1 unspecified atom stereocenters. The summed E-state index contributed by atoms with van der Waals surface area (Å²) in [6.07, 6.45) is 1.45. The van der Waals surface area contributed by atoms with Crippen molar-refractivity contribution in [2.24, 2.45) is 0 Å². The predicted octanol–water partition coefficient (Wildman–Crippen LogP) is 5.95. The van der Waals surface area contributed by atoms with Crippen LogP contribution in [0, 0.1) is 19.7 Å². The predicted molar refractivity (Wildman–Crippen MR) is 117 cm³/mol. The second kappa shape index (κ2) is 8.51. The Labute approximate surface area is 177 Å². The number of anilines is 2. The van der Waals surface area contributed by atoms with Crippen LogP contribution >= 0.6 is 11.3 Å². The number of rotatable bonds is 6. The van der Waals surface area contributed by atoms with Crippen molar-refractivity contribution in [2.75, 3.05) is 10.6 Å². The van der Waals surface area contributed by atoms with E-state index in [0.717, 1.165) is 16.1 Å². The SMILES string of the molecule is Cc1cccc(NC(c2ccccc2F)c2cc(C)sc2NC(=O)c2ccco2)n1. The molecular formula is C23H20FN3O2S. The first-order valence-corrected chi connectivity index (χ1v) is 10.2. The number of halogens is 1. The lowest BCUT2D eigenvalue weighted by Crippen LogP contribution is -2.18. The van der Waals surface area contributed by atoms with Crippen LogP contribution in [0.25, 0.3) is 0 Å². The second-order valence-corrected chi connectivity index (χ2v) is 8.09. The summed E-state index contributed by atoms with van der Waals surface area (Å²) >= 11 is 1.43. The van der Waals surface area contributed by atoms with Crippen LogP contribution in [0.15, 0.2) is 71.3 Å². The number of carbonyl (C=O) groups excluding carboxylic acids is 1. The van der Waals surface area contributed by atoms with Crippen molar-refractivity contribution < 1.29 is 13.6 Å². The molecule has 0 fully saturated rings. The minimum Gasteiger partial charge on any atom is -0.459 e. The number of furan rings is 1. The van der Waals surface area contributed by atoms with Crippen molar-refractivity contribution >= 4 is 28.1 Å². The number of nitrogens with zero attached hydrogens (tertiary/aromatic N) is 1. The fraction of sp³-hybridized carbons (Fsp3) is 0.130. The molecular weight excluding hydrogens is 401 g/mol. The Bertz CT molecular complexity index is 1170. The molecule has 5 nitrogen and oxygen atoms in total. The molecule has 0 bridgehead atoms. The highest BCUT2D eigenvalue weighted by Crippen LogP contribution is 2.38. The molecule has 1 atom stereocenters. The van der Waals surface area contributed by atoms with Crippen LogP contribution in [-0.2, 0) is 0 Å². The molecule has 7 heteroatoms. The Morgan fingerprint density at radius 3 is 2.63 bits per heavy atom. The first kappa shape index (κ1) is 19.8. The molecule has 1 aromatic carbocycles. The first-order chi connectivity index (χ1) is 14.5. The van der Waals surface area contributed by atoms with E-state index >= 15 is 0 Å². The summed E-state index contributed by atoms with van der Waals surface area (Å²) in [6.45, 7) is 3.84. The van der Waals surface area contributed by atoms with E-state index in [0.29, 0.717) is 16.4 Å². The molecule has 0 aliphatic heterocycles. The van der Waals surface area contributed by atoms with Gasteiger partial charge in [-0.1, -0.05) is 24.3 Å². The van der Waals surface area contributed by atoms with Gasteiger partial charge in [-0.15, -0.1) is 11.3 Å². The lowest BCUT2D eigenvalue weighted by atomic mass is 9.99. The maximum absolute atomic E-state index is 14.8. The number of aryl methyl sites for hydroxylation is 2. The topological polar surface area (TPSA) is 67.2 Å². The van der Waals surface area contributed by atoms with Gasteiger partial charge < -0.3 is 15.1 Å². The molecule has 3 heterocycles. The van der Waals surface area contributed by atoms with Crippen LogP contribution < -0.4 is 10.6 Å². The Kier molecular flexibility index (Phi) is 5.63. The Morgan fingerprint density at radius 1 is 1.07 bits per heavy atom. The maximum Gasteiger partial charge on any atom is 0.291 e. The summed E-state index contributed by atoms with van der Waals surface area (Å²) in [5, 5.41) is 6.87. The van der Waals surface area contributed by atoms with Crippen LogP contribution in [0.1, 0.15) is 38.3 Å². The zero-order valence-electron chi connectivity index (χ0n) is 16.5. The fourth-order valence-corrected chi connectivity index (χ4v) is 4.17. The quantitative estimate of drug-likeness (QED) is 0.404. The molecule has 0 aliphatic rings. The zero-order valence-corrected chi connectivity index (χ0v) is 17.3. The average molecular weight is 421 g/mol. The number of pyridine rings is 1. The minimum atomic E-state index is -0.544. The third kappa shape index (κ3) is 4.26. The van der Waals surface area contributed by atoms with Crippen molar-refractivity contribution in [1.29, 1.82) is 0 Å². The Balaban J connectivity index is 1.75. The lowest BCUT2D eigenvalue weighted by Gasteiger charge is -2.21. The molecule has 0 aliphatic carbocycles. The Hall–Kier alpha value is -3.45. The van der Waals surface area contributed by atoms with Gasteiger partial charge in [0.2, 0.25) is 0 Å². The molecule has 0 saturated heterocycles. The minimum absolute atomic E-state index is 0.211. The molecule has 1 amide bonds. The van der Waals surface area contributed by atoms with Gasteiger partial charge in [0, 0.05) is 21.7 Å². The van der Waals surface area contributed by atoms with Gasteiger partial charge in [-0.25, -0.2) is 9.37 Å². The van der Waals surface area contributed by atoms with Crippen molar-refractivity contribution in [3.05, 3.63) is 100 Å². The van der Waals surface area contributed by atoms with E-state index in [9.17, 15) is 9.18 Å². The molecule has 4 rings (SSSR count). The smallest absolute Gasteiger partial charge is 0.291 e. The van der Waals surface area contributed by atoms with Crippen molar-refractivity contribution in [3.8, 4) is 0 Å². The van der Waals surface area contributed by atoms with E-state index in [1.54, 1.807) is 30.3 Å². The normalized spacial score (nSPS) is 11.8. The molecule has 0 saturated carbocycles. The van der Waals surface area contributed by atoms with Gasteiger partial charge in [0.15, 0.2) is 5.76 Å². The summed E-state index contributed by atoms with van der Waals surface area (Å²) in [7, 11) is 0. The average Bonchev–Trinajstić information content (AvgIpc) is 3.37. The second-order valence-electron chi connectivity index (χ2n) is 6.84. The van der Waals surface area contributed by atoms with Gasteiger partial charge in [-0.2, -0.15) is 0 Å².